The molecule has 5 nitrogen and oxygen atoms in total. The average Bonchev–Trinajstić information content (AvgIpc) is 3.03. The number of nitrogens with zero attached hydrogens (tertiary/aromatic N) is 1. The highest BCUT2D eigenvalue weighted by Crippen LogP contribution is 2.34. The van der Waals surface area contributed by atoms with Crippen molar-refractivity contribution in [2.75, 3.05) is 21.3 Å². The highest BCUT2D eigenvalue weighted by atomic mass is 32.1. The van der Waals surface area contributed by atoms with Crippen molar-refractivity contribution < 1.29 is 14.2 Å². The molecule has 2 rings (SSSR count). The Morgan fingerprint density at radius 3 is 2.22 bits per heavy atom. The molecule has 0 unspecified atom stereocenters. The first-order valence-electron chi connectivity index (χ1n) is 7.53. The maximum Gasteiger partial charge on any atom is 0.164 e. The van der Waals surface area contributed by atoms with E-state index in [0.717, 1.165) is 23.6 Å². The van der Waals surface area contributed by atoms with Crippen LogP contribution in [0.4, 0.5) is 0 Å². The van der Waals surface area contributed by atoms with Gasteiger partial charge in [0.2, 0.25) is 0 Å². The highest BCUT2D eigenvalue weighted by molar-refractivity contribution is 7.09. The molecule has 1 N–H and O–H groups in total. The van der Waals surface area contributed by atoms with E-state index >= 15 is 0 Å². The summed E-state index contributed by atoms with van der Waals surface area (Å²) >= 11 is 1.71. The van der Waals surface area contributed by atoms with Crippen LogP contribution in [0, 0.1) is 0 Å². The first kappa shape index (κ1) is 17.6. The quantitative estimate of drug-likeness (QED) is 0.798. The summed E-state index contributed by atoms with van der Waals surface area (Å²) in [5, 5.41) is 6.68. The van der Waals surface area contributed by atoms with Crippen LogP contribution in [0.5, 0.6) is 17.2 Å². The highest BCUT2D eigenvalue weighted by Gasteiger charge is 2.12. The third-order valence-electron chi connectivity index (χ3n) is 3.47. The molecular weight excluding hydrogens is 312 g/mol. The maximum absolute atomic E-state index is 5.44. The molecule has 1 aromatic carbocycles. The molecule has 6 heteroatoms. The second-order valence-corrected chi connectivity index (χ2v) is 6.34. The van der Waals surface area contributed by atoms with Gasteiger partial charge in [-0.25, -0.2) is 4.98 Å². The Bertz CT molecular complexity index is 641. The van der Waals surface area contributed by atoms with E-state index in [0.29, 0.717) is 24.0 Å². The van der Waals surface area contributed by atoms with Gasteiger partial charge in [0.15, 0.2) is 11.5 Å². The largest absolute Gasteiger partial charge is 0.496 e. The van der Waals surface area contributed by atoms with Gasteiger partial charge in [0.1, 0.15) is 5.75 Å². The van der Waals surface area contributed by atoms with Crippen LogP contribution in [0.25, 0.3) is 0 Å². The second kappa shape index (κ2) is 8.17. The predicted molar refractivity (Wildman–Crippen MR) is 92.8 cm³/mol. The van der Waals surface area contributed by atoms with Gasteiger partial charge in [-0.15, -0.1) is 11.3 Å². The molecule has 0 aliphatic heterocycles. The van der Waals surface area contributed by atoms with Crippen molar-refractivity contribution >= 4 is 11.3 Å². The van der Waals surface area contributed by atoms with Gasteiger partial charge in [-0.05, 0) is 6.07 Å². The van der Waals surface area contributed by atoms with Crippen molar-refractivity contribution in [1.82, 2.24) is 10.3 Å². The minimum absolute atomic E-state index is 0.472. The number of thiazole rings is 1. The van der Waals surface area contributed by atoms with Crippen molar-refractivity contribution in [1.29, 1.82) is 0 Å². The minimum atomic E-state index is 0.472. The molecule has 1 heterocycles. The summed E-state index contributed by atoms with van der Waals surface area (Å²) in [4.78, 5) is 4.62. The summed E-state index contributed by atoms with van der Waals surface area (Å²) in [6, 6.07) is 3.78. The Labute approximate surface area is 141 Å². The van der Waals surface area contributed by atoms with E-state index < -0.39 is 0 Å². The van der Waals surface area contributed by atoms with E-state index in [-0.39, 0.29) is 0 Å². The SMILES string of the molecule is COc1cc(OC)c(OC)cc1CNCc1csc(C(C)C)n1. The van der Waals surface area contributed by atoms with Crippen molar-refractivity contribution in [3.63, 3.8) is 0 Å². The number of ether oxygens (including phenoxy) is 3. The first-order valence-corrected chi connectivity index (χ1v) is 8.40. The standard InChI is InChI=1S/C17H24N2O3S/c1-11(2)17-19-13(10-23-17)9-18-8-12-6-15(21-4)16(22-5)7-14(12)20-3/h6-7,10-11,18H,8-9H2,1-5H3. The summed E-state index contributed by atoms with van der Waals surface area (Å²) < 4.78 is 16.1. The van der Waals surface area contributed by atoms with Crippen LogP contribution in [-0.2, 0) is 13.1 Å². The Balaban J connectivity index is 2.04. The zero-order valence-electron chi connectivity index (χ0n) is 14.3. The molecule has 0 saturated heterocycles. The van der Waals surface area contributed by atoms with E-state index in [4.69, 9.17) is 14.2 Å². The summed E-state index contributed by atoms with van der Waals surface area (Å²) in [7, 11) is 4.90. The Kier molecular flexibility index (Phi) is 6.24. The van der Waals surface area contributed by atoms with Gasteiger partial charge in [-0.3, -0.25) is 0 Å². The molecule has 126 valence electrons. The third kappa shape index (κ3) is 4.36. The summed E-state index contributed by atoms with van der Waals surface area (Å²) in [5.74, 6) is 2.60. The first-order chi connectivity index (χ1) is 11.1. The lowest BCUT2D eigenvalue weighted by Crippen LogP contribution is -2.14. The van der Waals surface area contributed by atoms with E-state index in [1.807, 2.05) is 12.1 Å². The van der Waals surface area contributed by atoms with Crippen molar-refractivity contribution in [3.05, 3.63) is 33.8 Å². The average molecular weight is 336 g/mol. The molecule has 0 saturated carbocycles. The number of aromatic nitrogens is 1. The number of hydrogen-bond acceptors (Lipinski definition) is 6. The smallest absolute Gasteiger partial charge is 0.164 e. The fourth-order valence-electron chi connectivity index (χ4n) is 2.22. The molecule has 23 heavy (non-hydrogen) atoms. The summed E-state index contributed by atoms with van der Waals surface area (Å²) in [5.41, 5.74) is 2.09. The lowest BCUT2D eigenvalue weighted by molar-refractivity contribution is 0.347. The monoisotopic (exact) mass is 336 g/mol. The number of benzene rings is 1. The summed E-state index contributed by atoms with van der Waals surface area (Å²) in [6.45, 7) is 5.70. The molecular formula is C17H24N2O3S. The van der Waals surface area contributed by atoms with Crippen LogP contribution in [0.15, 0.2) is 17.5 Å². The van der Waals surface area contributed by atoms with Crippen LogP contribution < -0.4 is 19.5 Å². The maximum atomic E-state index is 5.44. The number of methoxy groups -OCH3 is 3. The van der Waals surface area contributed by atoms with Gasteiger partial charge in [-0.2, -0.15) is 0 Å². The van der Waals surface area contributed by atoms with E-state index in [2.05, 4.69) is 29.5 Å². The number of nitrogens with one attached hydrogen (secondary N) is 1. The lowest BCUT2D eigenvalue weighted by Gasteiger charge is -2.14. The molecule has 0 bridgehead atoms. The zero-order valence-corrected chi connectivity index (χ0v) is 15.1. The number of rotatable bonds is 8. The van der Waals surface area contributed by atoms with Gasteiger partial charge in [-0.1, -0.05) is 13.8 Å². The van der Waals surface area contributed by atoms with E-state index in [1.54, 1.807) is 32.7 Å². The predicted octanol–water partition coefficient (Wildman–Crippen LogP) is 3.58. The molecule has 0 radical (unpaired) electrons. The topological polar surface area (TPSA) is 52.6 Å². The Morgan fingerprint density at radius 2 is 1.65 bits per heavy atom. The van der Waals surface area contributed by atoms with Crippen LogP contribution in [-0.4, -0.2) is 26.3 Å². The Hall–Kier alpha value is -1.79. The molecule has 0 atom stereocenters. The van der Waals surface area contributed by atoms with Crippen molar-refractivity contribution in [2.24, 2.45) is 0 Å². The van der Waals surface area contributed by atoms with Gasteiger partial charge in [0.05, 0.1) is 32.0 Å². The fraction of sp³-hybridized carbons (Fsp3) is 0.471. The molecule has 0 fully saturated rings. The normalized spacial score (nSPS) is 10.9. The van der Waals surface area contributed by atoms with E-state index in [9.17, 15) is 0 Å². The minimum Gasteiger partial charge on any atom is -0.496 e. The van der Waals surface area contributed by atoms with Gasteiger partial charge >= 0.3 is 0 Å². The number of hydrogen-bond donors (Lipinski definition) is 1. The lowest BCUT2D eigenvalue weighted by atomic mass is 10.1. The van der Waals surface area contributed by atoms with Crippen molar-refractivity contribution in [2.45, 2.75) is 32.9 Å². The fourth-order valence-corrected chi connectivity index (χ4v) is 3.06. The zero-order chi connectivity index (χ0) is 16.8. The van der Waals surface area contributed by atoms with Gasteiger partial charge in [0, 0.05) is 36.0 Å². The summed E-state index contributed by atoms with van der Waals surface area (Å²) in [6.07, 6.45) is 0. The van der Waals surface area contributed by atoms with Gasteiger partial charge in [0.25, 0.3) is 0 Å². The van der Waals surface area contributed by atoms with Crippen molar-refractivity contribution in [3.8, 4) is 17.2 Å². The van der Waals surface area contributed by atoms with Crippen LogP contribution >= 0.6 is 11.3 Å². The van der Waals surface area contributed by atoms with Crippen LogP contribution in [0.1, 0.15) is 36.0 Å². The molecule has 0 aliphatic carbocycles. The third-order valence-corrected chi connectivity index (χ3v) is 4.67. The Morgan fingerprint density at radius 1 is 1.00 bits per heavy atom. The van der Waals surface area contributed by atoms with Crippen LogP contribution in [0.3, 0.4) is 0 Å². The second-order valence-electron chi connectivity index (χ2n) is 5.45. The molecule has 0 spiro atoms. The van der Waals surface area contributed by atoms with Gasteiger partial charge < -0.3 is 19.5 Å². The van der Waals surface area contributed by atoms with E-state index in [1.165, 1.54) is 5.01 Å². The van der Waals surface area contributed by atoms with Crippen LogP contribution in [0.2, 0.25) is 0 Å². The molecule has 0 aliphatic rings. The molecule has 0 amide bonds. The molecule has 2 aromatic rings. The molecule has 1 aromatic heterocycles.